The third-order valence-corrected chi connectivity index (χ3v) is 4.19. The third-order valence-electron chi connectivity index (χ3n) is 3.22. The average molecular weight is 283 g/mol. The van der Waals surface area contributed by atoms with Gasteiger partial charge in [-0.1, -0.05) is 11.8 Å². The van der Waals surface area contributed by atoms with Crippen molar-refractivity contribution in [3.63, 3.8) is 0 Å². The van der Waals surface area contributed by atoms with Crippen LogP contribution < -0.4 is 5.32 Å². The van der Waals surface area contributed by atoms with Crippen LogP contribution in [0.2, 0.25) is 0 Å². The number of thioether (sulfide) groups is 1. The van der Waals surface area contributed by atoms with Gasteiger partial charge in [-0.2, -0.15) is 0 Å². The minimum Gasteiger partial charge on any atom is -0.383 e. The lowest BCUT2D eigenvalue weighted by Crippen LogP contribution is -2.27. The fourth-order valence-corrected chi connectivity index (χ4v) is 2.74. The summed E-state index contributed by atoms with van der Waals surface area (Å²) in [5.74, 6) is 0.531. The summed E-state index contributed by atoms with van der Waals surface area (Å²) in [6.45, 7) is 5.47. The number of carbonyl (C=O) groups excluding carboxylic acids is 1. The van der Waals surface area contributed by atoms with Crippen LogP contribution >= 0.6 is 11.8 Å². The van der Waals surface area contributed by atoms with E-state index >= 15 is 0 Å². The van der Waals surface area contributed by atoms with Crippen molar-refractivity contribution in [2.24, 2.45) is 0 Å². The summed E-state index contributed by atoms with van der Waals surface area (Å²) in [7, 11) is 1.69. The fraction of sp³-hybridized carbons (Fsp3) is 0.692. The average Bonchev–Trinajstić information content (AvgIpc) is 3.14. The Balaban J connectivity index is 1.93. The molecule has 0 aliphatic heterocycles. The van der Waals surface area contributed by atoms with Crippen molar-refractivity contribution in [1.82, 2.24) is 14.9 Å². The van der Waals surface area contributed by atoms with Crippen molar-refractivity contribution in [2.75, 3.05) is 19.5 Å². The van der Waals surface area contributed by atoms with E-state index in [1.54, 1.807) is 7.11 Å². The van der Waals surface area contributed by atoms with Crippen LogP contribution in [0.4, 0.5) is 0 Å². The second-order valence-electron chi connectivity index (χ2n) is 4.84. The highest BCUT2D eigenvalue weighted by Gasteiger charge is 2.23. The van der Waals surface area contributed by atoms with Gasteiger partial charge in [0.05, 0.1) is 18.1 Å². The summed E-state index contributed by atoms with van der Waals surface area (Å²) in [5, 5.41) is 3.89. The Kier molecular flexibility index (Phi) is 4.87. The number of amides is 1. The summed E-state index contributed by atoms with van der Waals surface area (Å²) >= 11 is 1.49. The minimum absolute atomic E-state index is 0.101. The van der Waals surface area contributed by atoms with E-state index in [4.69, 9.17) is 4.74 Å². The molecule has 0 spiro atoms. The number of nitrogens with zero attached hydrogens (tertiary/aromatic N) is 2. The van der Waals surface area contributed by atoms with Crippen molar-refractivity contribution >= 4 is 17.7 Å². The van der Waals surface area contributed by atoms with Gasteiger partial charge in [-0.3, -0.25) is 4.79 Å². The molecule has 1 aliphatic carbocycles. The quantitative estimate of drug-likeness (QED) is 0.771. The molecule has 0 radical (unpaired) electrons. The molecule has 0 bridgehead atoms. The molecule has 0 saturated heterocycles. The first-order valence-electron chi connectivity index (χ1n) is 6.56. The van der Waals surface area contributed by atoms with Gasteiger partial charge >= 0.3 is 0 Å². The van der Waals surface area contributed by atoms with Gasteiger partial charge in [-0.25, -0.2) is 4.98 Å². The number of carbonyl (C=O) groups is 1. The molecule has 1 saturated carbocycles. The molecular formula is C13H21N3O2S. The third kappa shape index (κ3) is 3.98. The lowest BCUT2D eigenvalue weighted by atomic mass is 10.4. The van der Waals surface area contributed by atoms with Crippen LogP contribution in [-0.2, 0) is 16.1 Å². The molecule has 19 heavy (non-hydrogen) atoms. The van der Waals surface area contributed by atoms with Crippen molar-refractivity contribution in [3.8, 4) is 0 Å². The smallest absolute Gasteiger partial charge is 0.230 e. The lowest BCUT2D eigenvalue weighted by Gasteiger charge is -2.09. The Hall–Kier alpha value is -1.01. The second-order valence-corrected chi connectivity index (χ2v) is 5.78. The highest BCUT2D eigenvalue weighted by Crippen LogP contribution is 2.22. The van der Waals surface area contributed by atoms with Crippen molar-refractivity contribution in [3.05, 3.63) is 11.4 Å². The topological polar surface area (TPSA) is 56.1 Å². The van der Waals surface area contributed by atoms with Gasteiger partial charge in [0.25, 0.3) is 0 Å². The normalized spacial score (nSPS) is 14.7. The Bertz CT molecular complexity index is 455. The number of hydrogen-bond acceptors (Lipinski definition) is 4. The van der Waals surface area contributed by atoms with E-state index in [-0.39, 0.29) is 5.91 Å². The number of rotatable bonds is 7. The Labute approximate surface area is 118 Å². The second kappa shape index (κ2) is 6.43. The van der Waals surface area contributed by atoms with E-state index in [0.717, 1.165) is 35.9 Å². The highest BCUT2D eigenvalue weighted by atomic mass is 32.2. The SMILES string of the molecule is COCCn1c(SCC(=O)NC2CC2)nc(C)c1C. The first-order chi connectivity index (χ1) is 9.11. The number of hydrogen-bond donors (Lipinski definition) is 1. The van der Waals surface area contributed by atoms with Crippen LogP contribution in [0.3, 0.4) is 0 Å². The number of aromatic nitrogens is 2. The fourth-order valence-electron chi connectivity index (χ4n) is 1.81. The van der Waals surface area contributed by atoms with Crippen LogP contribution in [0.1, 0.15) is 24.2 Å². The maximum Gasteiger partial charge on any atom is 0.230 e. The van der Waals surface area contributed by atoms with Gasteiger partial charge in [-0.05, 0) is 26.7 Å². The summed E-state index contributed by atoms with van der Waals surface area (Å²) in [6.07, 6.45) is 2.24. The predicted octanol–water partition coefficient (Wildman–Crippen LogP) is 1.52. The first kappa shape index (κ1) is 14.4. The number of methoxy groups -OCH3 is 1. The molecule has 106 valence electrons. The molecule has 1 heterocycles. The van der Waals surface area contributed by atoms with Crippen molar-refractivity contribution in [1.29, 1.82) is 0 Å². The summed E-state index contributed by atoms with van der Waals surface area (Å²) in [6, 6.07) is 0.421. The largest absolute Gasteiger partial charge is 0.383 e. The molecule has 0 aromatic carbocycles. The number of imidazole rings is 1. The molecule has 1 N–H and O–H groups in total. The summed E-state index contributed by atoms with van der Waals surface area (Å²) in [4.78, 5) is 16.2. The molecule has 6 heteroatoms. The summed E-state index contributed by atoms with van der Waals surface area (Å²) < 4.78 is 7.23. The van der Waals surface area contributed by atoms with E-state index < -0.39 is 0 Å². The molecule has 1 aromatic heterocycles. The Morgan fingerprint density at radius 2 is 2.26 bits per heavy atom. The minimum atomic E-state index is 0.101. The Morgan fingerprint density at radius 3 is 2.89 bits per heavy atom. The zero-order chi connectivity index (χ0) is 13.8. The van der Waals surface area contributed by atoms with Gasteiger partial charge in [0.1, 0.15) is 0 Å². The number of ether oxygens (including phenoxy) is 1. The van der Waals surface area contributed by atoms with E-state index in [1.165, 1.54) is 11.8 Å². The van der Waals surface area contributed by atoms with Crippen LogP contribution in [0.15, 0.2) is 5.16 Å². The molecule has 1 aliphatic rings. The maximum atomic E-state index is 11.7. The van der Waals surface area contributed by atoms with Crippen molar-refractivity contribution in [2.45, 2.75) is 44.4 Å². The maximum absolute atomic E-state index is 11.7. The number of nitrogens with one attached hydrogen (secondary N) is 1. The van der Waals surface area contributed by atoms with Crippen molar-refractivity contribution < 1.29 is 9.53 Å². The Morgan fingerprint density at radius 1 is 1.53 bits per heavy atom. The van der Waals surface area contributed by atoms with E-state index in [1.807, 2.05) is 13.8 Å². The van der Waals surface area contributed by atoms with Gasteiger partial charge in [0.2, 0.25) is 5.91 Å². The zero-order valence-corrected chi connectivity index (χ0v) is 12.5. The lowest BCUT2D eigenvalue weighted by molar-refractivity contribution is -0.118. The molecule has 1 aromatic rings. The van der Waals surface area contributed by atoms with E-state index in [2.05, 4.69) is 14.9 Å². The molecule has 0 unspecified atom stereocenters. The van der Waals surface area contributed by atoms with Gasteiger partial charge < -0.3 is 14.6 Å². The van der Waals surface area contributed by atoms with Gasteiger partial charge in [-0.15, -0.1) is 0 Å². The number of aryl methyl sites for hydroxylation is 1. The van der Waals surface area contributed by atoms with Crippen LogP contribution in [-0.4, -0.2) is 41.0 Å². The summed E-state index contributed by atoms with van der Waals surface area (Å²) in [5.41, 5.74) is 2.16. The molecule has 0 atom stereocenters. The van der Waals surface area contributed by atoms with Crippen LogP contribution in [0.5, 0.6) is 0 Å². The first-order valence-corrected chi connectivity index (χ1v) is 7.55. The molecule has 2 rings (SSSR count). The highest BCUT2D eigenvalue weighted by molar-refractivity contribution is 7.99. The van der Waals surface area contributed by atoms with Gasteiger partial charge in [0, 0.05) is 25.4 Å². The molecule has 1 fully saturated rings. The monoisotopic (exact) mass is 283 g/mol. The van der Waals surface area contributed by atoms with E-state index in [0.29, 0.717) is 18.4 Å². The van der Waals surface area contributed by atoms with Crippen LogP contribution in [0.25, 0.3) is 0 Å². The van der Waals surface area contributed by atoms with Crippen LogP contribution in [0, 0.1) is 13.8 Å². The zero-order valence-electron chi connectivity index (χ0n) is 11.7. The molecule has 5 nitrogen and oxygen atoms in total. The predicted molar refractivity (Wildman–Crippen MR) is 75.5 cm³/mol. The van der Waals surface area contributed by atoms with E-state index in [9.17, 15) is 4.79 Å². The molecule has 1 amide bonds. The van der Waals surface area contributed by atoms with Gasteiger partial charge in [0.15, 0.2) is 5.16 Å². The molecular weight excluding hydrogens is 262 g/mol. The standard InChI is InChI=1S/C13H21N3O2S/c1-9-10(2)16(6-7-18-3)13(14-9)19-8-12(17)15-11-4-5-11/h11H,4-8H2,1-3H3,(H,15,17).